The molecule has 2 aromatic heterocycles. The fraction of sp³-hybridized carbons (Fsp3) is 0.552. The molecule has 3 heterocycles. The number of nitrogens with one attached hydrogen (secondary N) is 3. The highest BCUT2D eigenvalue weighted by Crippen LogP contribution is 2.36. The fourth-order valence-corrected chi connectivity index (χ4v) is 6.53. The molecule has 1 unspecified atom stereocenters. The van der Waals surface area contributed by atoms with Crippen molar-refractivity contribution in [1.29, 1.82) is 5.41 Å². The third-order valence-corrected chi connectivity index (χ3v) is 8.81. The molecule has 0 radical (unpaired) electrons. The van der Waals surface area contributed by atoms with Crippen molar-refractivity contribution < 1.29 is 4.74 Å². The molecule has 210 valence electrons. The SMILES string of the molecule is C[C@H](N)CCO[C@H]1CCC(c2cc3cn(-c4ccc([C@@H]5CCC[C@@H](CCSC(=N)N)N5)cc4)c(=O)nc3[nH]2)C1. The van der Waals surface area contributed by atoms with Crippen LogP contribution in [0, 0.1) is 5.41 Å². The Morgan fingerprint density at radius 1 is 1.26 bits per heavy atom. The fourth-order valence-electron chi connectivity index (χ4n) is 5.90. The monoisotopic (exact) mass is 551 g/mol. The maximum atomic E-state index is 12.9. The molecule has 9 nitrogen and oxygen atoms in total. The third-order valence-electron chi connectivity index (χ3n) is 8.06. The molecule has 1 aliphatic heterocycles. The van der Waals surface area contributed by atoms with Gasteiger partial charge in [-0.25, -0.2) is 4.79 Å². The first-order chi connectivity index (χ1) is 18.9. The Hall–Kier alpha value is -2.66. The second-order valence-electron chi connectivity index (χ2n) is 11.1. The van der Waals surface area contributed by atoms with E-state index in [0.29, 0.717) is 30.3 Å². The Morgan fingerprint density at radius 2 is 2.08 bits per heavy atom. The average molecular weight is 552 g/mol. The summed E-state index contributed by atoms with van der Waals surface area (Å²) in [5, 5.41) is 12.3. The molecule has 0 amide bonds. The molecule has 0 spiro atoms. The van der Waals surface area contributed by atoms with E-state index in [1.165, 1.54) is 23.7 Å². The third kappa shape index (κ3) is 7.11. The quantitative estimate of drug-likeness (QED) is 0.186. The number of thioether (sulfide) groups is 1. The van der Waals surface area contributed by atoms with Gasteiger partial charge in [-0.2, -0.15) is 4.98 Å². The van der Waals surface area contributed by atoms with E-state index in [-0.39, 0.29) is 23.0 Å². The van der Waals surface area contributed by atoms with Gasteiger partial charge in [0.15, 0.2) is 5.17 Å². The number of piperidine rings is 1. The standard InChI is InChI=1S/C29H41N7O2S/c1-18(30)11-13-38-24-10-7-20(15-24)26-16-21-17-36(29(37)35-27(21)34-26)23-8-5-19(6-9-23)25-4-2-3-22(33-25)12-14-39-28(31)32/h5-6,8-9,16-18,20,22,24-25,33H,2-4,7,10-15,30H2,1H3,(H3,31,32)(H,34,35,37)/t18-,20?,22-,24-,25-/m0/s1. The van der Waals surface area contributed by atoms with Crippen LogP contribution in [0.25, 0.3) is 16.7 Å². The second kappa shape index (κ2) is 12.7. The first-order valence-corrected chi connectivity index (χ1v) is 15.2. The van der Waals surface area contributed by atoms with Gasteiger partial charge in [-0.3, -0.25) is 9.98 Å². The average Bonchev–Trinajstić information content (AvgIpc) is 3.55. The van der Waals surface area contributed by atoms with Crippen molar-refractivity contribution in [3.8, 4) is 5.69 Å². The maximum Gasteiger partial charge on any atom is 0.354 e. The molecular formula is C29H41N7O2S. The van der Waals surface area contributed by atoms with Crippen LogP contribution in [0.15, 0.2) is 41.3 Å². The number of nitrogens with zero attached hydrogens (tertiary/aromatic N) is 2. The van der Waals surface area contributed by atoms with Crippen molar-refractivity contribution in [3.05, 3.63) is 58.3 Å². The highest BCUT2D eigenvalue weighted by Gasteiger charge is 2.28. The molecule has 5 atom stereocenters. The summed E-state index contributed by atoms with van der Waals surface area (Å²) < 4.78 is 7.67. The van der Waals surface area contributed by atoms with Crippen molar-refractivity contribution in [2.75, 3.05) is 12.4 Å². The molecule has 1 saturated carbocycles. The molecule has 7 N–H and O–H groups in total. The predicted molar refractivity (Wildman–Crippen MR) is 159 cm³/mol. The molecule has 1 aliphatic carbocycles. The molecule has 2 fully saturated rings. The van der Waals surface area contributed by atoms with Gasteiger partial charge in [0.1, 0.15) is 5.65 Å². The summed E-state index contributed by atoms with van der Waals surface area (Å²) in [6.07, 6.45) is 10.5. The van der Waals surface area contributed by atoms with Crippen LogP contribution in [0.2, 0.25) is 0 Å². The van der Waals surface area contributed by atoms with Crippen LogP contribution in [-0.4, -0.2) is 50.3 Å². The van der Waals surface area contributed by atoms with Gasteiger partial charge in [0.05, 0.1) is 11.8 Å². The second-order valence-corrected chi connectivity index (χ2v) is 12.3. The highest BCUT2D eigenvalue weighted by atomic mass is 32.2. The summed E-state index contributed by atoms with van der Waals surface area (Å²) in [5.41, 5.74) is 14.8. The molecular weight excluding hydrogens is 510 g/mol. The lowest BCUT2D eigenvalue weighted by Crippen LogP contribution is -2.37. The number of H-pyrrole nitrogens is 1. The number of nitrogens with two attached hydrogens (primary N) is 2. The van der Waals surface area contributed by atoms with Gasteiger partial charge >= 0.3 is 5.69 Å². The topological polar surface area (TPSA) is 148 Å². The van der Waals surface area contributed by atoms with Crippen LogP contribution in [0.5, 0.6) is 0 Å². The molecule has 0 bridgehead atoms. The number of benzene rings is 1. The van der Waals surface area contributed by atoms with E-state index in [4.69, 9.17) is 21.6 Å². The number of hydrogen-bond donors (Lipinski definition) is 5. The lowest BCUT2D eigenvalue weighted by Gasteiger charge is -2.31. The summed E-state index contributed by atoms with van der Waals surface area (Å²) >= 11 is 1.41. The lowest BCUT2D eigenvalue weighted by molar-refractivity contribution is 0.0535. The Bertz CT molecular complexity index is 1320. The molecule has 10 heteroatoms. The summed E-state index contributed by atoms with van der Waals surface area (Å²) in [6.45, 7) is 2.71. The Labute approximate surface area is 234 Å². The van der Waals surface area contributed by atoms with Crippen LogP contribution in [0.4, 0.5) is 0 Å². The van der Waals surface area contributed by atoms with Crippen molar-refractivity contribution >= 4 is 28.0 Å². The van der Waals surface area contributed by atoms with Gasteiger partial charge in [0.25, 0.3) is 0 Å². The van der Waals surface area contributed by atoms with Crippen LogP contribution in [0.1, 0.15) is 81.5 Å². The van der Waals surface area contributed by atoms with Crippen LogP contribution < -0.4 is 22.5 Å². The van der Waals surface area contributed by atoms with Crippen molar-refractivity contribution in [3.63, 3.8) is 0 Å². The summed E-state index contributed by atoms with van der Waals surface area (Å²) in [5.74, 6) is 1.25. The zero-order chi connectivity index (χ0) is 27.4. The first kappa shape index (κ1) is 27.9. The minimum Gasteiger partial charge on any atom is -0.379 e. The largest absolute Gasteiger partial charge is 0.379 e. The number of aromatic amines is 1. The van der Waals surface area contributed by atoms with Crippen molar-refractivity contribution in [1.82, 2.24) is 19.9 Å². The van der Waals surface area contributed by atoms with Gasteiger partial charge in [0.2, 0.25) is 0 Å². The Balaban J connectivity index is 1.24. The molecule has 39 heavy (non-hydrogen) atoms. The molecule has 1 aromatic carbocycles. The van der Waals surface area contributed by atoms with E-state index >= 15 is 0 Å². The summed E-state index contributed by atoms with van der Waals surface area (Å²) in [6, 6.07) is 11.3. The Morgan fingerprint density at radius 3 is 2.85 bits per heavy atom. The van der Waals surface area contributed by atoms with E-state index in [2.05, 4.69) is 33.5 Å². The van der Waals surface area contributed by atoms with Crippen LogP contribution in [-0.2, 0) is 4.74 Å². The van der Waals surface area contributed by atoms with Gasteiger partial charge in [-0.05, 0) is 75.6 Å². The zero-order valence-electron chi connectivity index (χ0n) is 22.7. The van der Waals surface area contributed by atoms with Crippen molar-refractivity contribution in [2.24, 2.45) is 11.5 Å². The van der Waals surface area contributed by atoms with Crippen LogP contribution in [0.3, 0.4) is 0 Å². The number of aromatic nitrogens is 3. The normalized spacial score (nSPS) is 24.3. The number of fused-ring (bicyclic) bond motifs is 1. The molecule has 5 rings (SSSR count). The van der Waals surface area contributed by atoms with Gasteiger partial charge in [-0.1, -0.05) is 30.3 Å². The Kier molecular flexibility index (Phi) is 9.06. The zero-order valence-corrected chi connectivity index (χ0v) is 23.5. The van der Waals surface area contributed by atoms with Gasteiger partial charge in [-0.15, -0.1) is 0 Å². The predicted octanol–water partition coefficient (Wildman–Crippen LogP) is 4.30. The molecule has 2 aliphatic rings. The summed E-state index contributed by atoms with van der Waals surface area (Å²) in [4.78, 5) is 20.7. The van der Waals surface area contributed by atoms with E-state index in [9.17, 15) is 4.79 Å². The van der Waals surface area contributed by atoms with E-state index in [0.717, 1.165) is 67.5 Å². The number of hydrogen-bond acceptors (Lipinski definition) is 7. The highest BCUT2D eigenvalue weighted by molar-refractivity contribution is 8.13. The minimum absolute atomic E-state index is 0.163. The lowest BCUT2D eigenvalue weighted by atomic mass is 9.92. The van der Waals surface area contributed by atoms with Gasteiger partial charge < -0.3 is 26.5 Å². The number of amidine groups is 1. The first-order valence-electron chi connectivity index (χ1n) is 14.2. The number of ether oxygens (including phenoxy) is 1. The smallest absolute Gasteiger partial charge is 0.354 e. The van der Waals surface area contributed by atoms with E-state index in [1.807, 2.05) is 25.3 Å². The summed E-state index contributed by atoms with van der Waals surface area (Å²) in [7, 11) is 0. The molecule has 3 aromatic rings. The minimum atomic E-state index is -0.286. The van der Waals surface area contributed by atoms with Gasteiger partial charge in [0, 0.05) is 53.7 Å². The van der Waals surface area contributed by atoms with Crippen LogP contribution >= 0.6 is 11.8 Å². The van der Waals surface area contributed by atoms with Crippen molar-refractivity contribution in [2.45, 2.75) is 88.4 Å². The van der Waals surface area contributed by atoms with E-state index in [1.54, 1.807) is 4.57 Å². The maximum absolute atomic E-state index is 12.9. The molecule has 1 saturated heterocycles. The van der Waals surface area contributed by atoms with E-state index < -0.39 is 0 Å². The number of rotatable bonds is 10.